The molecule has 0 unspecified atom stereocenters. The molecule has 2 rings (SSSR count). The molecule has 4 heteroatoms. The molecule has 0 aliphatic carbocycles. The minimum absolute atomic E-state index is 0.0244. The highest BCUT2D eigenvalue weighted by Gasteiger charge is 2.03. The van der Waals surface area contributed by atoms with E-state index in [0.29, 0.717) is 10.0 Å². The molecule has 2 aromatic rings. The molecule has 0 amide bonds. The molecule has 0 aliphatic heterocycles. The van der Waals surface area contributed by atoms with Crippen molar-refractivity contribution >= 4 is 29.2 Å². The van der Waals surface area contributed by atoms with Gasteiger partial charge in [-0.1, -0.05) is 47.5 Å². The molecule has 1 N–H and O–H groups in total. The molecule has 2 nitrogen and oxygen atoms in total. The average molecular weight is 281 g/mol. The van der Waals surface area contributed by atoms with Crippen LogP contribution in [0.5, 0.6) is 0 Å². The molecule has 92 valence electrons. The Morgan fingerprint density at radius 1 is 0.944 bits per heavy atom. The summed E-state index contributed by atoms with van der Waals surface area (Å²) in [7, 11) is 0. The van der Waals surface area contributed by atoms with Crippen LogP contribution in [0, 0.1) is 0 Å². The molecule has 0 saturated heterocycles. The number of hydrogen-bond acceptors (Lipinski definition) is 1. The van der Waals surface area contributed by atoms with Crippen LogP contribution in [0.2, 0.25) is 10.0 Å². The molecule has 0 spiro atoms. The average Bonchev–Trinajstić information content (AvgIpc) is 2.27. The Morgan fingerprint density at radius 2 is 1.50 bits per heavy atom. The zero-order chi connectivity index (χ0) is 13.1. The second-order valence-electron chi connectivity index (χ2n) is 3.93. The summed E-state index contributed by atoms with van der Waals surface area (Å²) in [6.45, 7) is 0. The van der Waals surface area contributed by atoms with Crippen molar-refractivity contribution in [3.05, 3.63) is 58.1 Å². The summed E-state index contributed by atoms with van der Waals surface area (Å²) in [5, 5.41) is 9.84. The van der Waals surface area contributed by atoms with Gasteiger partial charge in [0, 0.05) is 10.0 Å². The van der Waals surface area contributed by atoms with Crippen LogP contribution in [0.3, 0.4) is 0 Å². The van der Waals surface area contributed by atoms with Crippen LogP contribution in [0.4, 0.5) is 0 Å². The Labute approximate surface area is 115 Å². The van der Waals surface area contributed by atoms with Gasteiger partial charge in [-0.15, -0.1) is 0 Å². The fraction of sp³-hybridized carbons (Fsp3) is 0.0714. The van der Waals surface area contributed by atoms with Gasteiger partial charge in [0.15, 0.2) is 0 Å². The molecule has 0 radical (unpaired) electrons. The van der Waals surface area contributed by atoms with Crippen LogP contribution >= 0.6 is 23.2 Å². The van der Waals surface area contributed by atoms with E-state index >= 15 is 0 Å². The second-order valence-corrected chi connectivity index (χ2v) is 4.80. The molecular weight excluding hydrogens is 271 g/mol. The highest BCUT2D eigenvalue weighted by Crippen LogP contribution is 2.27. The second kappa shape index (κ2) is 5.42. The van der Waals surface area contributed by atoms with Gasteiger partial charge in [0.05, 0.1) is 6.42 Å². The number of hydrogen-bond donors (Lipinski definition) is 1. The van der Waals surface area contributed by atoms with Gasteiger partial charge in [-0.25, -0.2) is 0 Å². The van der Waals surface area contributed by atoms with E-state index in [-0.39, 0.29) is 6.42 Å². The van der Waals surface area contributed by atoms with Gasteiger partial charge in [0.2, 0.25) is 0 Å². The zero-order valence-electron chi connectivity index (χ0n) is 9.36. The van der Waals surface area contributed by atoms with Crippen LogP contribution in [0.1, 0.15) is 5.56 Å². The number of carbonyl (C=O) groups is 1. The third-order valence-electron chi connectivity index (χ3n) is 2.51. The quantitative estimate of drug-likeness (QED) is 0.911. The van der Waals surface area contributed by atoms with Gasteiger partial charge in [0.1, 0.15) is 0 Å². The van der Waals surface area contributed by atoms with Gasteiger partial charge in [-0.3, -0.25) is 4.79 Å². The van der Waals surface area contributed by atoms with Crippen molar-refractivity contribution in [1.82, 2.24) is 0 Å². The molecule has 0 bridgehead atoms. The first-order chi connectivity index (χ1) is 8.54. The smallest absolute Gasteiger partial charge is 0.307 e. The Hall–Kier alpha value is -1.51. The van der Waals surface area contributed by atoms with Crippen molar-refractivity contribution in [2.45, 2.75) is 6.42 Å². The van der Waals surface area contributed by atoms with Crippen LogP contribution in [0.25, 0.3) is 11.1 Å². The van der Waals surface area contributed by atoms with E-state index in [2.05, 4.69) is 0 Å². The van der Waals surface area contributed by atoms with Gasteiger partial charge in [-0.2, -0.15) is 0 Å². The largest absolute Gasteiger partial charge is 0.481 e. The summed E-state index contributed by atoms with van der Waals surface area (Å²) >= 11 is 11.9. The third-order valence-corrected chi connectivity index (χ3v) is 2.94. The van der Waals surface area contributed by atoms with Crippen molar-refractivity contribution in [3.8, 4) is 11.1 Å². The zero-order valence-corrected chi connectivity index (χ0v) is 10.9. The SMILES string of the molecule is O=C(O)Cc1ccc(-c2cc(Cl)cc(Cl)c2)cc1. The minimum atomic E-state index is -0.839. The summed E-state index contributed by atoms with van der Waals surface area (Å²) in [5.41, 5.74) is 2.63. The van der Waals surface area contributed by atoms with Crippen molar-refractivity contribution in [3.63, 3.8) is 0 Å². The van der Waals surface area contributed by atoms with Crippen LogP contribution in [-0.4, -0.2) is 11.1 Å². The summed E-state index contributed by atoms with van der Waals surface area (Å²) in [6, 6.07) is 12.6. The van der Waals surface area contributed by atoms with E-state index in [1.54, 1.807) is 18.2 Å². The number of benzene rings is 2. The molecule has 2 aromatic carbocycles. The molecule has 0 aliphatic rings. The van der Waals surface area contributed by atoms with Crippen molar-refractivity contribution in [2.24, 2.45) is 0 Å². The Morgan fingerprint density at radius 3 is 2.00 bits per heavy atom. The van der Waals surface area contributed by atoms with E-state index in [4.69, 9.17) is 28.3 Å². The number of carboxylic acids is 1. The Balaban J connectivity index is 2.31. The Kier molecular flexibility index (Phi) is 3.90. The monoisotopic (exact) mass is 280 g/mol. The summed E-state index contributed by atoms with van der Waals surface area (Å²) < 4.78 is 0. The number of aliphatic carboxylic acids is 1. The van der Waals surface area contributed by atoms with Gasteiger partial charge in [0.25, 0.3) is 0 Å². The predicted molar refractivity (Wildman–Crippen MR) is 73.2 cm³/mol. The lowest BCUT2D eigenvalue weighted by molar-refractivity contribution is -0.136. The van der Waals surface area contributed by atoms with Crippen molar-refractivity contribution < 1.29 is 9.90 Å². The molecule has 18 heavy (non-hydrogen) atoms. The molecule has 0 fully saturated rings. The highest BCUT2D eigenvalue weighted by molar-refractivity contribution is 6.35. The first-order valence-corrected chi connectivity index (χ1v) is 6.07. The summed E-state index contributed by atoms with van der Waals surface area (Å²) in [4.78, 5) is 10.6. The van der Waals surface area contributed by atoms with Crippen molar-refractivity contribution in [2.75, 3.05) is 0 Å². The normalized spacial score (nSPS) is 10.3. The molecule has 0 atom stereocenters. The van der Waals surface area contributed by atoms with E-state index in [9.17, 15) is 4.79 Å². The lowest BCUT2D eigenvalue weighted by Gasteiger charge is -2.05. The highest BCUT2D eigenvalue weighted by atomic mass is 35.5. The number of rotatable bonds is 3. The van der Waals surface area contributed by atoms with Crippen LogP contribution in [0.15, 0.2) is 42.5 Å². The lowest BCUT2D eigenvalue weighted by atomic mass is 10.0. The van der Waals surface area contributed by atoms with E-state index in [1.807, 2.05) is 24.3 Å². The van der Waals surface area contributed by atoms with Gasteiger partial charge >= 0.3 is 5.97 Å². The maximum Gasteiger partial charge on any atom is 0.307 e. The predicted octanol–water partition coefficient (Wildman–Crippen LogP) is 4.29. The Bertz CT molecular complexity index is 557. The number of carboxylic acid groups (broad SMARTS) is 1. The maximum absolute atomic E-state index is 10.6. The van der Waals surface area contributed by atoms with E-state index in [1.165, 1.54) is 0 Å². The third kappa shape index (κ3) is 3.25. The first-order valence-electron chi connectivity index (χ1n) is 5.32. The van der Waals surface area contributed by atoms with Crippen LogP contribution < -0.4 is 0 Å². The summed E-state index contributed by atoms with van der Waals surface area (Å²) in [5.74, 6) is -0.839. The van der Waals surface area contributed by atoms with Gasteiger partial charge < -0.3 is 5.11 Å². The summed E-state index contributed by atoms with van der Waals surface area (Å²) in [6.07, 6.45) is 0.0244. The van der Waals surface area contributed by atoms with Gasteiger partial charge in [-0.05, 0) is 34.9 Å². The molecule has 0 saturated carbocycles. The molecular formula is C14H10Cl2O2. The van der Waals surface area contributed by atoms with E-state index in [0.717, 1.165) is 16.7 Å². The van der Waals surface area contributed by atoms with E-state index < -0.39 is 5.97 Å². The lowest BCUT2D eigenvalue weighted by Crippen LogP contribution is -1.99. The minimum Gasteiger partial charge on any atom is -0.481 e. The fourth-order valence-corrected chi connectivity index (χ4v) is 2.24. The topological polar surface area (TPSA) is 37.3 Å². The molecule has 0 heterocycles. The number of halogens is 2. The maximum atomic E-state index is 10.6. The molecule has 0 aromatic heterocycles. The fourth-order valence-electron chi connectivity index (χ4n) is 1.71. The van der Waals surface area contributed by atoms with Crippen LogP contribution in [-0.2, 0) is 11.2 Å². The van der Waals surface area contributed by atoms with Crippen molar-refractivity contribution in [1.29, 1.82) is 0 Å². The first kappa shape index (κ1) is 12.9. The standard InChI is InChI=1S/C14H10Cl2O2/c15-12-6-11(7-13(16)8-12)10-3-1-9(2-4-10)5-14(17)18/h1-4,6-8H,5H2,(H,17,18).